The summed E-state index contributed by atoms with van der Waals surface area (Å²) < 4.78 is 6.27. The van der Waals surface area contributed by atoms with Crippen LogP contribution in [0.1, 0.15) is 35.5 Å². The maximum atomic E-state index is 6.27. The average Bonchev–Trinajstić information content (AvgIpc) is 2.91. The van der Waals surface area contributed by atoms with Gasteiger partial charge in [-0.05, 0) is 45.0 Å². The van der Waals surface area contributed by atoms with E-state index in [9.17, 15) is 0 Å². The van der Waals surface area contributed by atoms with Crippen molar-refractivity contribution in [3.8, 4) is 5.88 Å². The van der Waals surface area contributed by atoms with Crippen LogP contribution < -0.4 is 10.1 Å². The number of likely N-dealkylation sites (N-methyl/N-ethyl adjacent to an activating group) is 1. The van der Waals surface area contributed by atoms with Gasteiger partial charge in [0.25, 0.3) is 0 Å². The molecule has 0 amide bonds. The van der Waals surface area contributed by atoms with Crippen LogP contribution in [0.3, 0.4) is 0 Å². The first-order chi connectivity index (χ1) is 12.8. The molecule has 1 saturated heterocycles. The second-order valence-electron chi connectivity index (χ2n) is 7.37. The lowest BCUT2D eigenvalue weighted by Crippen LogP contribution is -2.31. The number of likely N-dealkylation sites (tertiary alicyclic amines) is 1. The number of hydrogen-bond acceptors (Lipinski definition) is 5. The summed E-state index contributed by atoms with van der Waals surface area (Å²) in [5.74, 6) is 1.68. The third-order valence-electron chi connectivity index (χ3n) is 5.48. The molecule has 0 aliphatic carbocycles. The molecule has 1 fully saturated rings. The zero-order valence-electron chi connectivity index (χ0n) is 15.6. The van der Waals surface area contributed by atoms with Gasteiger partial charge in [-0.15, -0.1) is 0 Å². The van der Waals surface area contributed by atoms with Crippen molar-refractivity contribution in [1.29, 1.82) is 0 Å². The van der Waals surface area contributed by atoms with E-state index < -0.39 is 0 Å². The molecule has 4 rings (SSSR count). The van der Waals surface area contributed by atoms with Crippen LogP contribution in [-0.2, 0) is 19.3 Å². The normalized spacial score (nSPS) is 20.6. The highest BCUT2D eigenvalue weighted by atomic mass is 16.5. The molecule has 3 heterocycles. The molecule has 1 atom stereocenters. The lowest BCUT2D eigenvalue weighted by atomic mass is 10.1. The van der Waals surface area contributed by atoms with Gasteiger partial charge in [0.05, 0.1) is 5.69 Å². The van der Waals surface area contributed by atoms with Crippen LogP contribution in [0.4, 0.5) is 0 Å². The van der Waals surface area contributed by atoms with Crippen LogP contribution in [0.25, 0.3) is 0 Å². The molecule has 0 saturated carbocycles. The Morgan fingerprint density at radius 3 is 2.81 bits per heavy atom. The first kappa shape index (κ1) is 17.4. The molecule has 5 heteroatoms. The van der Waals surface area contributed by atoms with Crippen molar-refractivity contribution in [1.82, 2.24) is 20.2 Å². The molecule has 26 heavy (non-hydrogen) atoms. The van der Waals surface area contributed by atoms with Gasteiger partial charge in [0.1, 0.15) is 12.4 Å². The zero-order chi connectivity index (χ0) is 17.8. The predicted molar refractivity (Wildman–Crippen MR) is 103 cm³/mol. The maximum absolute atomic E-state index is 6.27. The lowest BCUT2D eigenvalue weighted by molar-refractivity contribution is 0.191. The van der Waals surface area contributed by atoms with E-state index in [1.807, 2.05) is 6.07 Å². The summed E-state index contributed by atoms with van der Waals surface area (Å²) in [5.41, 5.74) is 3.60. The number of nitrogens with one attached hydrogen (secondary N) is 1. The molecule has 1 aromatic carbocycles. The Labute approximate surface area is 155 Å². The van der Waals surface area contributed by atoms with Gasteiger partial charge in [-0.25, -0.2) is 4.98 Å². The van der Waals surface area contributed by atoms with Crippen molar-refractivity contribution in [2.45, 2.75) is 38.1 Å². The number of hydrogen-bond donors (Lipinski definition) is 1. The monoisotopic (exact) mass is 352 g/mol. The van der Waals surface area contributed by atoms with Crippen molar-refractivity contribution < 1.29 is 4.74 Å². The van der Waals surface area contributed by atoms with Crippen molar-refractivity contribution in [2.75, 3.05) is 33.3 Å². The minimum atomic E-state index is 0.502. The van der Waals surface area contributed by atoms with Gasteiger partial charge in [0.15, 0.2) is 0 Å². The Bertz CT molecular complexity index is 734. The first-order valence-electron chi connectivity index (χ1n) is 9.76. The van der Waals surface area contributed by atoms with E-state index in [1.165, 1.54) is 30.5 Å². The number of nitrogens with zero attached hydrogens (tertiary/aromatic N) is 3. The fourth-order valence-electron chi connectivity index (χ4n) is 3.90. The highest BCUT2D eigenvalue weighted by molar-refractivity contribution is 5.34. The minimum Gasteiger partial charge on any atom is -0.476 e. The average molecular weight is 352 g/mol. The number of aromatic nitrogens is 2. The molecule has 0 bridgehead atoms. The van der Waals surface area contributed by atoms with E-state index in [4.69, 9.17) is 14.7 Å². The van der Waals surface area contributed by atoms with Gasteiger partial charge in [-0.1, -0.05) is 30.3 Å². The van der Waals surface area contributed by atoms with Gasteiger partial charge in [-0.2, -0.15) is 4.98 Å². The molecule has 2 aliphatic rings. The van der Waals surface area contributed by atoms with Gasteiger partial charge < -0.3 is 15.0 Å². The Hall–Kier alpha value is -1.98. The van der Waals surface area contributed by atoms with E-state index >= 15 is 0 Å². The number of ether oxygens (including phenoxy) is 1. The summed E-state index contributed by atoms with van der Waals surface area (Å²) in [4.78, 5) is 12.1. The minimum absolute atomic E-state index is 0.502. The van der Waals surface area contributed by atoms with Crippen LogP contribution >= 0.6 is 0 Å². The fourth-order valence-corrected chi connectivity index (χ4v) is 3.90. The van der Waals surface area contributed by atoms with Crippen LogP contribution in [0, 0.1) is 0 Å². The maximum Gasteiger partial charge on any atom is 0.220 e. The van der Waals surface area contributed by atoms with E-state index in [0.29, 0.717) is 6.04 Å². The van der Waals surface area contributed by atoms with Crippen molar-refractivity contribution in [2.24, 2.45) is 0 Å². The zero-order valence-corrected chi connectivity index (χ0v) is 15.6. The SMILES string of the molecule is CN1CCC[C@H]1COc1nc(Cc2ccccc2)nc2c1CCNCC2. The van der Waals surface area contributed by atoms with E-state index in [2.05, 4.69) is 41.5 Å². The summed E-state index contributed by atoms with van der Waals surface area (Å²) in [5, 5.41) is 3.46. The molecule has 0 unspecified atom stereocenters. The van der Waals surface area contributed by atoms with Crippen molar-refractivity contribution in [3.63, 3.8) is 0 Å². The van der Waals surface area contributed by atoms with Gasteiger partial charge >= 0.3 is 0 Å². The number of rotatable bonds is 5. The lowest BCUT2D eigenvalue weighted by Gasteiger charge is -2.21. The predicted octanol–water partition coefficient (Wildman–Crippen LogP) is 2.23. The smallest absolute Gasteiger partial charge is 0.220 e. The largest absolute Gasteiger partial charge is 0.476 e. The fraction of sp³-hybridized carbons (Fsp3) is 0.524. The highest BCUT2D eigenvalue weighted by Gasteiger charge is 2.23. The molecule has 5 nitrogen and oxygen atoms in total. The van der Waals surface area contributed by atoms with Gasteiger partial charge in [0.2, 0.25) is 5.88 Å². The van der Waals surface area contributed by atoms with Gasteiger partial charge in [0, 0.05) is 31.0 Å². The molecule has 0 spiro atoms. The van der Waals surface area contributed by atoms with Crippen LogP contribution in [0.15, 0.2) is 30.3 Å². The molecule has 138 valence electrons. The van der Waals surface area contributed by atoms with Crippen LogP contribution in [-0.4, -0.2) is 54.2 Å². The Morgan fingerprint density at radius 1 is 1.15 bits per heavy atom. The van der Waals surface area contributed by atoms with Crippen molar-refractivity contribution >= 4 is 0 Å². The van der Waals surface area contributed by atoms with E-state index in [1.54, 1.807) is 0 Å². The second-order valence-corrected chi connectivity index (χ2v) is 7.37. The Balaban J connectivity index is 1.58. The molecule has 0 radical (unpaired) electrons. The third-order valence-corrected chi connectivity index (χ3v) is 5.48. The number of benzene rings is 1. The topological polar surface area (TPSA) is 50.3 Å². The highest BCUT2D eigenvalue weighted by Crippen LogP contribution is 2.24. The summed E-state index contributed by atoms with van der Waals surface area (Å²) in [7, 11) is 2.19. The summed E-state index contributed by atoms with van der Waals surface area (Å²) in [6.45, 7) is 3.82. The van der Waals surface area contributed by atoms with E-state index in [0.717, 1.165) is 56.4 Å². The summed E-state index contributed by atoms with van der Waals surface area (Å²) >= 11 is 0. The summed E-state index contributed by atoms with van der Waals surface area (Å²) in [6, 6.07) is 10.9. The first-order valence-corrected chi connectivity index (χ1v) is 9.76. The number of fused-ring (bicyclic) bond motifs is 1. The van der Waals surface area contributed by atoms with Crippen molar-refractivity contribution in [3.05, 3.63) is 53.0 Å². The molecular weight excluding hydrogens is 324 g/mol. The second kappa shape index (κ2) is 8.14. The van der Waals surface area contributed by atoms with Gasteiger partial charge in [-0.3, -0.25) is 0 Å². The quantitative estimate of drug-likeness (QED) is 0.894. The molecule has 2 aromatic rings. The van der Waals surface area contributed by atoms with E-state index in [-0.39, 0.29) is 0 Å². The molecule has 2 aliphatic heterocycles. The Kier molecular flexibility index (Phi) is 5.46. The van der Waals surface area contributed by atoms with Crippen LogP contribution in [0.5, 0.6) is 5.88 Å². The molecule has 1 N–H and O–H groups in total. The molecule has 1 aromatic heterocycles. The standard InChI is InChI=1S/C21H28N4O/c1-25-13-5-8-17(25)15-26-21-18-9-11-22-12-10-19(18)23-20(24-21)14-16-6-3-2-4-7-16/h2-4,6-7,17,22H,5,8-15H2,1H3/t17-/m0/s1. The third kappa shape index (κ3) is 4.05. The summed E-state index contributed by atoms with van der Waals surface area (Å²) in [6.07, 6.45) is 5.11. The molecular formula is C21H28N4O. The Morgan fingerprint density at radius 2 is 2.00 bits per heavy atom. The van der Waals surface area contributed by atoms with Crippen LogP contribution in [0.2, 0.25) is 0 Å².